The maximum atomic E-state index is 9.96. The van der Waals surface area contributed by atoms with Gasteiger partial charge < -0.3 is 34.6 Å². The third-order valence-electron chi connectivity index (χ3n) is 7.30. The number of aromatic nitrogens is 4. The molecule has 3 aromatic carbocycles. The van der Waals surface area contributed by atoms with E-state index < -0.39 is 0 Å². The van der Waals surface area contributed by atoms with Gasteiger partial charge in [-0.05, 0) is 52.0 Å². The van der Waals surface area contributed by atoms with Crippen LogP contribution in [0.2, 0.25) is 10.6 Å². The molecule has 0 fully saturated rings. The molecule has 0 aliphatic rings. The van der Waals surface area contributed by atoms with Crippen LogP contribution in [0.5, 0.6) is 17.2 Å². The second-order valence-corrected chi connectivity index (χ2v) is 10.9. The highest BCUT2D eigenvalue weighted by atomic mass is 35.5. The monoisotopic (exact) mass is 678 g/mol. The quantitative estimate of drug-likeness (QED) is 0.136. The normalized spacial score (nSPS) is 11.9. The second-order valence-electron chi connectivity index (χ2n) is 10.3. The van der Waals surface area contributed by atoms with Crippen molar-refractivity contribution < 1.29 is 24.8 Å². The number of aliphatic hydroxyl groups is 2. The summed E-state index contributed by atoms with van der Waals surface area (Å²) in [6.07, 6.45) is 2.78. The molecule has 246 valence electrons. The Bertz CT molecular complexity index is 1690. The van der Waals surface area contributed by atoms with Gasteiger partial charge in [-0.25, -0.2) is 9.97 Å². The minimum Gasteiger partial charge on any atom is -0.503 e. The van der Waals surface area contributed by atoms with Gasteiger partial charge >= 0.3 is 0 Å². The minimum absolute atomic E-state index is 0.0457. The Morgan fingerprint density at radius 3 is 1.70 bits per heavy atom. The summed E-state index contributed by atoms with van der Waals surface area (Å²) < 4.78 is 11.1. The lowest BCUT2D eigenvalue weighted by molar-refractivity contribution is 0.261. The van der Waals surface area contributed by atoms with Crippen LogP contribution in [0.25, 0.3) is 0 Å². The first-order chi connectivity index (χ1) is 22.7. The van der Waals surface area contributed by atoms with E-state index in [9.17, 15) is 15.3 Å². The number of ether oxygens (including phenoxy) is 2. The van der Waals surface area contributed by atoms with Crippen molar-refractivity contribution in [2.45, 2.75) is 18.7 Å². The fourth-order valence-corrected chi connectivity index (χ4v) is 4.99. The van der Waals surface area contributed by atoms with Crippen molar-refractivity contribution in [1.29, 1.82) is 0 Å². The van der Waals surface area contributed by atoms with Crippen molar-refractivity contribution >= 4 is 34.8 Å². The van der Waals surface area contributed by atoms with Crippen LogP contribution in [-0.4, -0.2) is 69.7 Å². The molecule has 0 unspecified atom stereocenters. The van der Waals surface area contributed by atoms with Gasteiger partial charge in [0.2, 0.25) is 10.6 Å². The van der Waals surface area contributed by atoms with E-state index in [0.717, 1.165) is 22.4 Å². The van der Waals surface area contributed by atoms with Crippen LogP contribution in [0.4, 0.5) is 11.6 Å². The largest absolute Gasteiger partial charge is 0.503 e. The van der Waals surface area contributed by atoms with E-state index in [1.165, 1.54) is 6.20 Å². The topological polar surface area (TPSA) is 137 Å². The summed E-state index contributed by atoms with van der Waals surface area (Å²) in [5, 5.41) is 29.5. The predicted octanol–water partition coefficient (Wildman–Crippen LogP) is 5.89. The third kappa shape index (κ3) is 9.43. The Morgan fingerprint density at radius 2 is 1.19 bits per heavy atom. The summed E-state index contributed by atoms with van der Waals surface area (Å²) >= 11 is 11.8. The van der Waals surface area contributed by atoms with E-state index in [1.54, 1.807) is 25.3 Å². The summed E-state index contributed by atoms with van der Waals surface area (Å²) in [7, 11) is 5.20. The zero-order chi connectivity index (χ0) is 33.8. The molecule has 2 aromatic heterocycles. The van der Waals surface area contributed by atoms with Gasteiger partial charge in [-0.2, -0.15) is 9.97 Å². The Labute approximate surface area is 283 Å². The first-order valence-corrected chi connectivity index (χ1v) is 15.3. The lowest BCUT2D eigenvalue weighted by Gasteiger charge is -2.29. The molecule has 47 heavy (non-hydrogen) atoms. The van der Waals surface area contributed by atoms with Crippen molar-refractivity contribution in [2.75, 3.05) is 44.2 Å². The van der Waals surface area contributed by atoms with Gasteiger partial charge in [-0.3, -0.25) is 0 Å². The second kappa shape index (κ2) is 17.3. The summed E-state index contributed by atoms with van der Waals surface area (Å²) in [6.45, 7) is 0.145. The molecule has 0 amide bonds. The molecule has 2 atom stereocenters. The molecular weight excluding hydrogens is 643 g/mol. The van der Waals surface area contributed by atoms with Crippen LogP contribution in [0, 0.1) is 0 Å². The molecule has 5 aromatic rings. The number of likely N-dealkylation sites (N-methyl/N-ethyl adjacent to an activating group) is 2. The molecule has 0 aliphatic carbocycles. The van der Waals surface area contributed by atoms with Crippen LogP contribution < -0.4 is 19.3 Å². The molecule has 0 bridgehead atoms. The van der Waals surface area contributed by atoms with E-state index >= 15 is 0 Å². The van der Waals surface area contributed by atoms with E-state index in [1.807, 2.05) is 96.9 Å². The van der Waals surface area contributed by atoms with E-state index in [0.29, 0.717) is 18.2 Å². The number of nitrogens with zero attached hydrogens (tertiary/aromatic N) is 6. The fourth-order valence-electron chi connectivity index (χ4n) is 4.73. The highest BCUT2D eigenvalue weighted by Gasteiger charge is 2.23. The highest BCUT2D eigenvalue weighted by Crippen LogP contribution is 2.33. The molecule has 13 heteroatoms. The summed E-state index contributed by atoms with van der Waals surface area (Å²) in [4.78, 5) is 19.6. The van der Waals surface area contributed by atoms with Gasteiger partial charge in [0.25, 0.3) is 0 Å². The van der Waals surface area contributed by atoms with E-state index in [4.69, 9.17) is 32.7 Å². The first-order valence-electron chi connectivity index (χ1n) is 14.5. The Balaban J connectivity index is 0.000000229. The van der Waals surface area contributed by atoms with Crippen molar-refractivity contribution in [2.24, 2.45) is 0 Å². The molecule has 5 rings (SSSR count). The molecule has 0 spiro atoms. The molecule has 0 saturated carbocycles. The minimum atomic E-state index is -0.321. The number of methoxy groups -OCH3 is 1. The van der Waals surface area contributed by atoms with Gasteiger partial charge in [0.15, 0.2) is 23.1 Å². The van der Waals surface area contributed by atoms with Crippen molar-refractivity contribution in [3.63, 3.8) is 0 Å². The molecule has 2 heterocycles. The maximum absolute atomic E-state index is 9.96. The SMILES string of the molecule is CN(c1nc(Cl)ncc1O)[C@H](CO)c1ccccc1.COc1ccc(COc2cnc(Cl)nc2N(C)[C@H](CO)c2ccccc2)cc1. The zero-order valence-corrected chi connectivity index (χ0v) is 27.6. The van der Waals surface area contributed by atoms with Crippen molar-refractivity contribution in [3.05, 3.63) is 125 Å². The van der Waals surface area contributed by atoms with Gasteiger partial charge in [0.05, 0.1) is 44.8 Å². The lowest BCUT2D eigenvalue weighted by Crippen LogP contribution is -2.28. The number of aliphatic hydroxyl groups excluding tert-OH is 2. The number of anilines is 2. The molecule has 3 N–H and O–H groups in total. The average Bonchev–Trinajstić information content (AvgIpc) is 3.10. The number of rotatable bonds is 12. The molecule has 11 nitrogen and oxygen atoms in total. The van der Waals surface area contributed by atoms with Crippen molar-refractivity contribution in [1.82, 2.24) is 19.9 Å². The predicted molar refractivity (Wildman–Crippen MR) is 182 cm³/mol. The van der Waals surface area contributed by atoms with Crippen LogP contribution in [0.15, 0.2) is 97.3 Å². The Morgan fingerprint density at radius 1 is 0.702 bits per heavy atom. The van der Waals surface area contributed by atoms with Gasteiger partial charge in [-0.15, -0.1) is 0 Å². The van der Waals surface area contributed by atoms with E-state index in [2.05, 4.69) is 19.9 Å². The molecule has 0 aliphatic heterocycles. The summed E-state index contributed by atoms with van der Waals surface area (Å²) in [5.74, 6) is 1.98. The van der Waals surface area contributed by atoms with Crippen LogP contribution in [-0.2, 0) is 6.61 Å². The first kappa shape index (κ1) is 35.2. The Hall–Kier alpha value is -4.68. The number of halogens is 2. The van der Waals surface area contributed by atoms with Crippen LogP contribution in [0.1, 0.15) is 28.8 Å². The molecular formula is C34H36Cl2N6O5. The maximum Gasteiger partial charge on any atom is 0.224 e. The number of hydrogen-bond donors (Lipinski definition) is 3. The lowest BCUT2D eigenvalue weighted by atomic mass is 10.1. The molecule has 0 saturated heterocycles. The van der Waals surface area contributed by atoms with Gasteiger partial charge in [-0.1, -0.05) is 72.8 Å². The number of aromatic hydroxyl groups is 1. The average molecular weight is 680 g/mol. The smallest absolute Gasteiger partial charge is 0.224 e. The van der Waals surface area contributed by atoms with Crippen LogP contribution in [0.3, 0.4) is 0 Å². The van der Waals surface area contributed by atoms with Gasteiger partial charge in [0, 0.05) is 14.1 Å². The third-order valence-corrected chi connectivity index (χ3v) is 7.66. The van der Waals surface area contributed by atoms with Crippen molar-refractivity contribution in [3.8, 4) is 17.2 Å². The molecule has 0 radical (unpaired) electrons. The summed E-state index contributed by atoms with van der Waals surface area (Å²) in [5.41, 5.74) is 2.86. The summed E-state index contributed by atoms with van der Waals surface area (Å²) in [6, 6.07) is 26.2. The highest BCUT2D eigenvalue weighted by molar-refractivity contribution is 6.28. The van der Waals surface area contributed by atoms with E-state index in [-0.39, 0.29) is 47.4 Å². The van der Waals surface area contributed by atoms with Crippen LogP contribution >= 0.6 is 23.2 Å². The Kier molecular flexibility index (Phi) is 12.9. The number of hydrogen-bond acceptors (Lipinski definition) is 11. The standard InChI is InChI=1S/C21H22ClN3O3.C13H14ClN3O2/c1-25(18(13-26)16-6-4-3-5-7-16)20-19(12-23-21(22)24-20)28-14-15-8-10-17(27-2)11-9-15;1-17(12-11(19)7-15-13(14)16-12)10(8-18)9-5-3-2-4-6-9/h3-12,18,26H,13-14H2,1-2H3;2-7,10,18-19H,8H2,1H3/t18-;10-/m11/s1. The zero-order valence-electron chi connectivity index (χ0n) is 26.1. The van der Waals surface area contributed by atoms with Gasteiger partial charge in [0.1, 0.15) is 12.4 Å². The fraction of sp³-hybridized carbons (Fsp3) is 0.235. The number of benzene rings is 3.